The van der Waals surface area contributed by atoms with E-state index in [1.807, 2.05) is 12.2 Å². The monoisotopic (exact) mass is 292 g/mol. The van der Waals surface area contributed by atoms with E-state index in [0.717, 1.165) is 0 Å². The van der Waals surface area contributed by atoms with Crippen LogP contribution in [0.4, 0.5) is 0 Å². The number of halogens is 1. The molecule has 1 nitrogen and oxygen atoms in total. The smallest absolute Gasteiger partial charge is 0.180 e. The van der Waals surface area contributed by atoms with E-state index in [2.05, 4.69) is 42.5 Å². The molecule has 0 N–H and O–H groups in total. The van der Waals surface area contributed by atoms with Gasteiger partial charge < -0.3 is 0 Å². The van der Waals surface area contributed by atoms with Crippen molar-refractivity contribution in [2.75, 3.05) is 0 Å². The number of hydrogen-bond donors (Lipinski definition) is 0. The molecule has 102 valence electrons. The molecule has 0 aromatic heterocycles. The molecule has 0 spiro atoms. The Hall–Kier alpha value is -1.86. The minimum atomic E-state index is -0.929. The highest BCUT2D eigenvalue weighted by Crippen LogP contribution is 2.60. The lowest BCUT2D eigenvalue weighted by atomic mass is 9.69. The Kier molecular flexibility index (Phi) is 2.05. The molecular formula is C19H13ClO. The zero-order valence-corrected chi connectivity index (χ0v) is 12.0. The van der Waals surface area contributed by atoms with Crippen molar-refractivity contribution in [3.05, 3.63) is 71.8 Å². The summed E-state index contributed by atoms with van der Waals surface area (Å²) < 4.78 is 0. The van der Waals surface area contributed by atoms with Gasteiger partial charge in [0.05, 0.1) is 0 Å². The standard InChI is InChI=1S/C19H13ClO/c20-19-10-9-12(7-8-15(19)21)17-13-5-1-3-11-4-2-6-14(16(11)13)18(17)19/h1-10,12,17-18H. The average Bonchev–Trinajstić information content (AvgIpc) is 2.72. The lowest BCUT2D eigenvalue weighted by molar-refractivity contribution is -0.116. The molecule has 0 amide bonds. The van der Waals surface area contributed by atoms with E-state index in [-0.39, 0.29) is 23.5 Å². The molecule has 4 aliphatic carbocycles. The first kappa shape index (κ1) is 11.8. The largest absolute Gasteiger partial charge is 0.292 e. The summed E-state index contributed by atoms with van der Waals surface area (Å²) in [4.78, 5) is 11.6. The van der Waals surface area contributed by atoms with Crippen molar-refractivity contribution < 1.29 is 4.79 Å². The molecule has 0 aliphatic heterocycles. The number of hydrogen-bond acceptors (Lipinski definition) is 1. The molecule has 21 heavy (non-hydrogen) atoms. The summed E-state index contributed by atoms with van der Waals surface area (Å²) in [7, 11) is 0. The number of carbonyl (C=O) groups excluding carboxylic acids is 1. The van der Waals surface area contributed by atoms with Gasteiger partial charge in [0.1, 0.15) is 4.87 Å². The van der Waals surface area contributed by atoms with Gasteiger partial charge in [-0.3, -0.25) is 4.79 Å². The van der Waals surface area contributed by atoms with Crippen LogP contribution in [0.2, 0.25) is 0 Å². The highest BCUT2D eigenvalue weighted by atomic mass is 35.5. The predicted octanol–water partition coefficient (Wildman–Crippen LogP) is 4.32. The lowest BCUT2D eigenvalue weighted by Crippen LogP contribution is -2.40. The fourth-order valence-electron chi connectivity index (χ4n) is 4.45. The Labute approximate surface area is 127 Å². The molecule has 4 atom stereocenters. The third-order valence-electron chi connectivity index (χ3n) is 5.30. The second-order valence-electron chi connectivity index (χ2n) is 6.22. The summed E-state index contributed by atoms with van der Waals surface area (Å²) in [5.74, 6) is 0.584. The number of carbonyl (C=O) groups is 1. The highest BCUT2D eigenvalue weighted by Gasteiger charge is 2.54. The van der Waals surface area contributed by atoms with Gasteiger partial charge in [0, 0.05) is 17.8 Å². The summed E-state index contributed by atoms with van der Waals surface area (Å²) >= 11 is 6.84. The maximum absolute atomic E-state index is 12.5. The van der Waals surface area contributed by atoms with Crippen LogP contribution in [0.25, 0.3) is 10.8 Å². The molecule has 2 aromatic rings. The lowest BCUT2D eigenvalue weighted by Gasteiger charge is -2.37. The van der Waals surface area contributed by atoms with Gasteiger partial charge in [0.15, 0.2) is 5.78 Å². The second kappa shape index (κ2) is 3.66. The molecule has 4 unspecified atom stereocenters. The maximum Gasteiger partial charge on any atom is 0.180 e. The zero-order valence-electron chi connectivity index (χ0n) is 11.3. The number of benzene rings is 2. The SMILES string of the molecule is O=C1C=CC2C=CC1(Cl)C1c3cccc4cccc(c34)C21. The van der Waals surface area contributed by atoms with Gasteiger partial charge >= 0.3 is 0 Å². The normalized spacial score (nSPS) is 35.3. The second-order valence-corrected chi connectivity index (χ2v) is 6.85. The molecule has 4 aliphatic rings. The van der Waals surface area contributed by atoms with Crippen LogP contribution >= 0.6 is 11.6 Å². The van der Waals surface area contributed by atoms with Gasteiger partial charge in [-0.2, -0.15) is 0 Å². The van der Waals surface area contributed by atoms with Crippen molar-refractivity contribution in [3.63, 3.8) is 0 Å². The minimum Gasteiger partial charge on any atom is -0.292 e. The van der Waals surface area contributed by atoms with Crippen LogP contribution in [0.15, 0.2) is 60.7 Å². The summed E-state index contributed by atoms with van der Waals surface area (Å²) in [5, 5.41) is 2.55. The van der Waals surface area contributed by atoms with E-state index < -0.39 is 4.87 Å². The zero-order chi connectivity index (χ0) is 14.2. The Morgan fingerprint density at radius 2 is 1.76 bits per heavy atom. The molecule has 0 saturated heterocycles. The quantitative estimate of drug-likeness (QED) is 0.522. The van der Waals surface area contributed by atoms with E-state index in [9.17, 15) is 4.79 Å². The number of fused-ring (bicyclic) bond motifs is 1. The van der Waals surface area contributed by atoms with Crippen LogP contribution in [0, 0.1) is 5.92 Å². The van der Waals surface area contributed by atoms with Gasteiger partial charge in [-0.15, -0.1) is 11.6 Å². The van der Waals surface area contributed by atoms with Crippen molar-refractivity contribution in [2.24, 2.45) is 5.92 Å². The van der Waals surface area contributed by atoms with E-state index in [0.29, 0.717) is 0 Å². The summed E-state index contributed by atoms with van der Waals surface area (Å²) in [6, 6.07) is 12.8. The van der Waals surface area contributed by atoms with Crippen molar-refractivity contribution in [3.8, 4) is 0 Å². The molecule has 0 saturated carbocycles. The van der Waals surface area contributed by atoms with Crippen LogP contribution in [0.5, 0.6) is 0 Å². The summed E-state index contributed by atoms with van der Waals surface area (Å²) in [5.41, 5.74) is 2.57. The van der Waals surface area contributed by atoms with E-state index >= 15 is 0 Å². The van der Waals surface area contributed by atoms with Crippen LogP contribution < -0.4 is 0 Å². The van der Waals surface area contributed by atoms with Crippen LogP contribution in [-0.4, -0.2) is 10.7 Å². The van der Waals surface area contributed by atoms with Gasteiger partial charge in [-0.25, -0.2) is 0 Å². The Morgan fingerprint density at radius 1 is 1.00 bits per heavy atom. The van der Waals surface area contributed by atoms with E-state index in [1.54, 1.807) is 6.08 Å². The molecule has 0 heterocycles. The van der Waals surface area contributed by atoms with Crippen LogP contribution in [-0.2, 0) is 4.79 Å². The number of ketones is 1. The summed E-state index contributed by atoms with van der Waals surface area (Å²) in [6.07, 6.45) is 7.74. The van der Waals surface area contributed by atoms with Crippen molar-refractivity contribution >= 4 is 28.2 Å². The van der Waals surface area contributed by atoms with Crippen LogP contribution in [0.3, 0.4) is 0 Å². The molecule has 2 bridgehead atoms. The first-order valence-electron chi connectivity index (χ1n) is 7.32. The number of alkyl halides is 1. The summed E-state index contributed by atoms with van der Waals surface area (Å²) in [6.45, 7) is 0. The topological polar surface area (TPSA) is 17.1 Å². The third-order valence-corrected chi connectivity index (χ3v) is 5.85. The Balaban J connectivity index is 1.91. The highest BCUT2D eigenvalue weighted by molar-refractivity contribution is 6.40. The fourth-order valence-corrected chi connectivity index (χ4v) is 4.84. The predicted molar refractivity (Wildman–Crippen MR) is 84.8 cm³/mol. The minimum absolute atomic E-state index is 0.0141. The third kappa shape index (κ3) is 1.26. The van der Waals surface area contributed by atoms with E-state index in [4.69, 9.17) is 11.6 Å². The molecule has 2 heteroatoms. The first-order valence-corrected chi connectivity index (χ1v) is 7.70. The van der Waals surface area contributed by atoms with Crippen molar-refractivity contribution in [1.29, 1.82) is 0 Å². The van der Waals surface area contributed by atoms with Crippen LogP contribution in [0.1, 0.15) is 23.0 Å². The number of allylic oxidation sites excluding steroid dienone is 4. The molecule has 0 radical (unpaired) electrons. The fraction of sp³-hybridized carbons (Fsp3) is 0.211. The molecule has 0 fully saturated rings. The number of rotatable bonds is 0. The molecular weight excluding hydrogens is 280 g/mol. The Morgan fingerprint density at radius 3 is 2.57 bits per heavy atom. The maximum atomic E-state index is 12.5. The van der Waals surface area contributed by atoms with Gasteiger partial charge in [-0.1, -0.05) is 54.6 Å². The molecule has 2 aromatic carbocycles. The van der Waals surface area contributed by atoms with Crippen molar-refractivity contribution in [2.45, 2.75) is 16.7 Å². The first-order chi connectivity index (χ1) is 10.2. The van der Waals surface area contributed by atoms with Gasteiger partial charge in [-0.05, 0) is 28.0 Å². The van der Waals surface area contributed by atoms with Gasteiger partial charge in [0.2, 0.25) is 0 Å². The van der Waals surface area contributed by atoms with Gasteiger partial charge in [0.25, 0.3) is 0 Å². The molecule has 6 rings (SSSR count). The Bertz CT molecular complexity index is 858. The van der Waals surface area contributed by atoms with E-state index in [1.165, 1.54) is 21.9 Å². The average molecular weight is 293 g/mol. The van der Waals surface area contributed by atoms with Crippen molar-refractivity contribution in [1.82, 2.24) is 0 Å².